The van der Waals surface area contributed by atoms with Crippen LogP contribution in [-0.2, 0) is 4.79 Å². The number of ether oxygens (including phenoxy) is 1. The van der Waals surface area contributed by atoms with Gasteiger partial charge in [0.25, 0.3) is 5.91 Å². The molecule has 5 N–H and O–H groups in total. The third kappa shape index (κ3) is 3.67. The number of nitrogen functional groups attached to an aromatic ring is 1. The van der Waals surface area contributed by atoms with Gasteiger partial charge in [-0.15, -0.1) is 0 Å². The molecule has 0 unspecified atom stereocenters. The minimum atomic E-state index is -0.468. The number of anilines is 1. The van der Waals surface area contributed by atoms with Gasteiger partial charge in [0, 0.05) is 18.7 Å². The Balaban J connectivity index is 2.73. The Morgan fingerprint density at radius 2 is 2.12 bits per heavy atom. The third-order valence-corrected chi connectivity index (χ3v) is 2.13. The first-order valence-corrected chi connectivity index (χ1v) is 5.04. The maximum atomic E-state index is 11.8. The molecule has 0 atom stereocenters. The molecular formula is C11H15N3O3. The Kier molecular flexibility index (Phi) is 4.33. The van der Waals surface area contributed by atoms with Crippen LogP contribution in [0.2, 0.25) is 0 Å². The highest BCUT2D eigenvalue weighted by molar-refractivity contribution is 5.98. The lowest BCUT2D eigenvalue weighted by molar-refractivity contribution is -0.117. The predicted octanol–water partition coefficient (Wildman–Crippen LogP) is -0.117. The van der Waals surface area contributed by atoms with Gasteiger partial charge in [-0.2, -0.15) is 0 Å². The number of hydrogen-bond donors (Lipinski definition) is 3. The lowest BCUT2D eigenvalue weighted by atomic mass is 10.1. The van der Waals surface area contributed by atoms with E-state index >= 15 is 0 Å². The van der Waals surface area contributed by atoms with Gasteiger partial charge >= 0.3 is 0 Å². The average Bonchev–Trinajstić information content (AvgIpc) is 2.28. The van der Waals surface area contributed by atoms with Crippen LogP contribution in [0.4, 0.5) is 5.69 Å². The molecule has 17 heavy (non-hydrogen) atoms. The molecule has 0 aromatic heterocycles. The highest BCUT2D eigenvalue weighted by Gasteiger charge is 2.12. The van der Waals surface area contributed by atoms with Gasteiger partial charge in [0.05, 0.1) is 12.7 Å². The smallest absolute Gasteiger partial charge is 0.255 e. The number of methoxy groups -OCH3 is 1. The largest absolute Gasteiger partial charge is 0.496 e. The van der Waals surface area contributed by atoms with Crippen molar-refractivity contribution in [3.8, 4) is 5.75 Å². The Morgan fingerprint density at radius 3 is 2.71 bits per heavy atom. The summed E-state index contributed by atoms with van der Waals surface area (Å²) in [5, 5.41) is 2.56. The molecule has 92 valence electrons. The van der Waals surface area contributed by atoms with Gasteiger partial charge in [-0.05, 0) is 18.2 Å². The van der Waals surface area contributed by atoms with Crippen LogP contribution in [0.15, 0.2) is 18.2 Å². The molecule has 0 saturated carbocycles. The first-order valence-electron chi connectivity index (χ1n) is 5.04. The zero-order valence-electron chi connectivity index (χ0n) is 9.53. The van der Waals surface area contributed by atoms with Gasteiger partial charge in [-0.1, -0.05) is 0 Å². The lowest BCUT2D eigenvalue weighted by Crippen LogP contribution is -2.28. The van der Waals surface area contributed by atoms with Crippen molar-refractivity contribution in [2.45, 2.75) is 6.42 Å². The first kappa shape index (κ1) is 12.8. The van der Waals surface area contributed by atoms with Crippen molar-refractivity contribution in [1.29, 1.82) is 0 Å². The number of carbonyl (C=O) groups excluding carboxylic acids is 2. The third-order valence-electron chi connectivity index (χ3n) is 2.13. The predicted molar refractivity (Wildman–Crippen MR) is 63.6 cm³/mol. The molecule has 1 rings (SSSR count). The quantitative estimate of drug-likeness (QED) is 0.620. The zero-order chi connectivity index (χ0) is 12.8. The van der Waals surface area contributed by atoms with Crippen molar-refractivity contribution in [2.24, 2.45) is 5.73 Å². The maximum Gasteiger partial charge on any atom is 0.255 e. The van der Waals surface area contributed by atoms with Crippen LogP contribution < -0.4 is 21.5 Å². The van der Waals surface area contributed by atoms with Crippen LogP contribution in [0.25, 0.3) is 0 Å². The number of benzene rings is 1. The van der Waals surface area contributed by atoms with Gasteiger partial charge < -0.3 is 21.5 Å². The van der Waals surface area contributed by atoms with Gasteiger partial charge in [0.2, 0.25) is 5.91 Å². The lowest BCUT2D eigenvalue weighted by Gasteiger charge is -2.09. The van der Waals surface area contributed by atoms with Crippen molar-refractivity contribution in [3.63, 3.8) is 0 Å². The van der Waals surface area contributed by atoms with E-state index in [0.717, 1.165) is 0 Å². The van der Waals surface area contributed by atoms with Crippen LogP contribution in [0.5, 0.6) is 5.75 Å². The highest BCUT2D eigenvalue weighted by atomic mass is 16.5. The minimum absolute atomic E-state index is 0.0936. The summed E-state index contributed by atoms with van der Waals surface area (Å²) in [6.45, 7) is 0.187. The van der Waals surface area contributed by atoms with E-state index in [-0.39, 0.29) is 18.9 Å². The average molecular weight is 237 g/mol. The SMILES string of the molecule is COc1ccc(N)cc1C(=O)NCCC(N)=O. The molecule has 0 aliphatic carbocycles. The summed E-state index contributed by atoms with van der Waals surface area (Å²) in [5.41, 5.74) is 11.3. The number of hydrogen-bond acceptors (Lipinski definition) is 4. The van der Waals surface area contributed by atoms with Crippen LogP contribution in [0.1, 0.15) is 16.8 Å². The Hall–Kier alpha value is -2.24. The summed E-state index contributed by atoms with van der Waals surface area (Å²) in [6, 6.07) is 4.76. The van der Waals surface area contributed by atoms with Crippen LogP contribution in [0.3, 0.4) is 0 Å². The first-order chi connectivity index (χ1) is 8.04. The summed E-state index contributed by atoms with van der Waals surface area (Å²) in [4.78, 5) is 22.3. The van der Waals surface area contributed by atoms with Gasteiger partial charge in [0.1, 0.15) is 5.75 Å². The highest BCUT2D eigenvalue weighted by Crippen LogP contribution is 2.20. The molecular weight excluding hydrogens is 222 g/mol. The molecule has 0 spiro atoms. The molecule has 6 nitrogen and oxygen atoms in total. The molecule has 0 aliphatic heterocycles. The summed E-state index contributed by atoms with van der Waals surface area (Å²) in [5.74, 6) is -0.393. The standard InChI is InChI=1S/C11H15N3O3/c1-17-9-3-2-7(12)6-8(9)11(16)14-5-4-10(13)15/h2-3,6H,4-5,12H2,1H3,(H2,13,15)(H,14,16). The van der Waals surface area contributed by atoms with E-state index in [9.17, 15) is 9.59 Å². The maximum absolute atomic E-state index is 11.8. The van der Waals surface area contributed by atoms with Crippen molar-refractivity contribution >= 4 is 17.5 Å². The summed E-state index contributed by atoms with van der Waals surface area (Å²) >= 11 is 0. The molecule has 0 radical (unpaired) electrons. The molecule has 0 saturated heterocycles. The molecule has 2 amide bonds. The van der Waals surface area contributed by atoms with E-state index in [1.54, 1.807) is 12.1 Å². The molecule has 0 fully saturated rings. The Labute approximate surface area is 98.9 Å². The number of amides is 2. The fourth-order valence-electron chi connectivity index (χ4n) is 1.30. The minimum Gasteiger partial charge on any atom is -0.496 e. The monoisotopic (exact) mass is 237 g/mol. The molecule has 1 aromatic carbocycles. The van der Waals surface area contributed by atoms with Gasteiger partial charge in [-0.3, -0.25) is 9.59 Å². The normalized spacial score (nSPS) is 9.71. The van der Waals surface area contributed by atoms with E-state index in [1.165, 1.54) is 13.2 Å². The van der Waals surface area contributed by atoms with Crippen molar-refractivity contribution in [2.75, 3.05) is 19.4 Å². The number of rotatable bonds is 5. The molecule has 1 aromatic rings. The number of nitrogens with one attached hydrogen (secondary N) is 1. The molecule has 6 heteroatoms. The van der Waals surface area contributed by atoms with E-state index in [1.807, 2.05) is 0 Å². The van der Waals surface area contributed by atoms with Crippen molar-refractivity contribution in [1.82, 2.24) is 5.32 Å². The molecule has 0 aliphatic rings. The second-order valence-electron chi connectivity index (χ2n) is 3.43. The summed E-state index contributed by atoms with van der Waals surface area (Å²) in [6.07, 6.45) is 0.0936. The molecule has 0 bridgehead atoms. The van der Waals surface area contributed by atoms with E-state index in [4.69, 9.17) is 16.2 Å². The van der Waals surface area contributed by atoms with Gasteiger partial charge in [0.15, 0.2) is 0 Å². The Bertz CT molecular complexity index is 432. The van der Waals surface area contributed by atoms with E-state index < -0.39 is 5.91 Å². The topological polar surface area (TPSA) is 107 Å². The van der Waals surface area contributed by atoms with E-state index in [2.05, 4.69) is 5.32 Å². The number of carbonyl (C=O) groups is 2. The van der Waals surface area contributed by atoms with Crippen LogP contribution in [0, 0.1) is 0 Å². The second-order valence-corrected chi connectivity index (χ2v) is 3.43. The fourth-order valence-corrected chi connectivity index (χ4v) is 1.30. The van der Waals surface area contributed by atoms with Crippen molar-refractivity contribution in [3.05, 3.63) is 23.8 Å². The van der Waals surface area contributed by atoms with Gasteiger partial charge in [-0.25, -0.2) is 0 Å². The van der Waals surface area contributed by atoms with Crippen LogP contribution in [-0.4, -0.2) is 25.5 Å². The van der Waals surface area contributed by atoms with Crippen LogP contribution >= 0.6 is 0 Å². The fraction of sp³-hybridized carbons (Fsp3) is 0.273. The Morgan fingerprint density at radius 1 is 1.41 bits per heavy atom. The van der Waals surface area contributed by atoms with Crippen molar-refractivity contribution < 1.29 is 14.3 Å². The summed E-state index contributed by atoms with van der Waals surface area (Å²) < 4.78 is 5.04. The molecule has 0 heterocycles. The zero-order valence-corrected chi connectivity index (χ0v) is 9.53. The number of nitrogens with two attached hydrogens (primary N) is 2. The summed E-state index contributed by atoms with van der Waals surface area (Å²) in [7, 11) is 1.46. The van der Waals surface area contributed by atoms with E-state index in [0.29, 0.717) is 17.0 Å². The number of primary amides is 1. The second kappa shape index (κ2) is 5.74.